The standard InChI is InChI=1S/C27H29ClN2O6S/c1-5-34-24(31)12-11-20-15(2)29-23(35-20)14-22-27(37)30-19-10-9-16(28)13-18(19)25(36-22)17-7-6-8-21(32-3)26(17)33-4/h6-10,13,22,25H,5,11-12,14H2,1-4H3,(H,30,37). The number of oxazole rings is 1. The molecule has 0 saturated carbocycles. The van der Waals surface area contributed by atoms with Crippen molar-refractivity contribution in [2.24, 2.45) is 0 Å². The highest BCUT2D eigenvalue weighted by Crippen LogP contribution is 2.43. The van der Waals surface area contributed by atoms with Crippen molar-refractivity contribution in [3.05, 3.63) is 69.9 Å². The zero-order chi connectivity index (χ0) is 26.5. The molecule has 2 atom stereocenters. The summed E-state index contributed by atoms with van der Waals surface area (Å²) in [5.41, 5.74) is 3.07. The minimum absolute atomic E-state index is 0.219. The Hall–Kier alpha value is -3.14. The van der Waals surface area contributed by atoms with E-state index in [0.717, 1.165) is 16.8 Å². The second-order valence-corrected chi connectivity index (χ2v) is 9.31. The van der Waals surface area contributed by atoms with Crippen LogP contribution >= 0.6 is 23.8 Å². The lowest BCUT2D eigenvalue weighted by Crippen LogP contribution is -2.30. The van der Waals surface area contributed by atoms with E-state index in [1.165, 1.54) is 0 Å². The van der Waals surface area contributed by atoms with Crippen LogP contribution in [0, 0.1) is 6.92 Å². The Morgan fingerprint density at radius 1 is 1.19 bits per heavy atom. The molecule has 1 aromatic heterocycles. The number of carbonyl (C=O) groups excluding carboxylic acids is 1. The average Bonchev–Trinajstić information content (AvgIpc) is 3.17. The van der Waals surface area contributed by atoms with Crippen molar-refractivity contribution in [2.75, 3.05) is 26.1 Å². The molecule has 2 heterocycles. The van der Waals surface area contributed by atoms with Crippen molar-refractivity contribution in [1.29, 1.82) is 0 Å². The van der Waals surface area contributed by atoms with Crippen LogP contribution in [0.3, 0.4) is 0 Å². The van der Waals surface area contributed by atoms with E-state index in [2.05, 4.69) is 10.3 Å². The van der Waals surface area contributed by atoms with Crippen LogP contribution in [0.4, 0.5) is 5.69 Å². The largest absolute Gasteiger partial charge is 0.493 e. The van der Waals surface area contributed by atoms with E-state index in [0.29, 0.717) is 51.9 Å². The summed E-state index contributed by atoms with van der Waals surface area (Å²) in [4.78, 5) is 16.8. The number of thiocarbonyl (C=S) groups is 1. The first-order chi connectivity index (χ1) is 17.8. The highest BCUT2D eigenvalue weighted by molar-refractivity contribution is 7.80. The van der Waals surface area contributed by atoms with Crippen LogP contribution in [0.1, 0.15) is 47.9 Å². The van der Waals surface area contributed by atoms with Crippen molar-refractivity contribution >= 4 is 40.5 Å². The number of hydrogen-bond donors (Lipinski definition) is 1. The number of benzene rings is 2. The third-order valence-electron chi connectivity index (χ3n) is 6.02. The molecule has 0 amide bonds. The molecule has 0 radical (unpaired) electrons. The van der Waals surface area contributed by atoms with E-state index in [1.54, 1.807) is 27.2 Å². The third kappa shape index (κ3) is 6.06. The maximum atomic E-state index is 11.8. The fourth-order valence-corrected chi connectivity index (χ4v) is 4.72. The first kappa shape index (κ1) is 26.9. The fourth-order valence-electron chi connectivity index (χ4n) is 4.29. The molecule has 0 aliphatic carbocycles. The molecule has 2 aromatic carbocycles. The smallest absolute Gasteiger partial charge is 0.306 e. The van der Waals surface area contributed by atoms with Crippen molar-refractivity contribution in [2.45, 2.75) is 45.3 Å². The maximum absolute atomic E-state index is 11.8. The molecule has 1 aliphatic rings. The first-order valence-corrected chi connectivity index (χ1v) is 12.7. The van der Waals surface area contributed by atoms with Gasteiger partial charge in [-0.3, -0.25) is 4.79 Å². The molecule has 10 heteroatoms. The lowest BCUT2D eigenvalue weighted by Gasteiger charge is -2.24. The molecule has 8 nitrogen and oxygen atoms in total. The van der Waals surface area contributed by atoms with Crippen LogP contribution in [0.5, 0.6) is 11.5 Å². The van der Waals surface area contributed by atoms with Gasteiger partial charge < -0.3 is 28.7 Å². The zero-order valence-corrected chi connectivity index (χ0v) is 22.7. The number of ether oxygens (including phenoxy) is 4. The predicted molar refractivity (Wildman–Crippen MR) is 144 cm³/mol. The Kier molecular flexibility index (Phi) is 8.68. The van der Waals surface area contributed by atoms with E-state index in [9.17, 15) is 4.79 Å². The number of anilines is 1. The van der Waals surface area contributed by atoms with Gasteiger partial charge in [0.25, 0.3) is 0 Å². The van der Waals surface area contributed by atoms with Gasteiger partial charge in [-0.2, -0.15) is 0 Å². The van der Waals surface area contributed by atoms with Gasteiger partial charge in [-0.1, -0.05) is 36.0 Å². The number of methoxy groups -OCH3 is 2. The summed E-state index contributed by atoms with van der Waals surface area (Å²) in [5.74, 6) is 1.96. The number of rotatable bonds is 9. The zero-order valence-electron chi connectivity index (χ0n) is 21.1. The van der Waals surface area contributed by atoms with Crippen molar-refractivity contribution < 1.29 is 28.2 Å². The van der Waals surface area contributed by atoms with E-state index >= 15 is 0 Å². The molecule has 1 N–H and O–H groups in total. The fraction of sp³-hybridized carbons (Fsp3) is 0.370. The Bertz CT molecular complexity index is 1290. The SMILES string of the molecule is CCOC(=O)CCc1oc(CC2OC(c3cccc(OC)c3OC)c3cc(Cl)ccc3NC2=S)nc1C. The summed E-state index contributed by atoms with van der Waals surface area (Å²) in [5, 5.41) is 3.87. The highest BCUT2D eigenvalue weighted by Gasteiger charge is 2.33. The number of nitrogens with one attached hydrogen (secondary N) is 1. The lowest BCUT2D eigenvalue weighted by atomic mass is 9.98. The molecular weight excluding hydrogens is 516 g/mol. The molecule has 196 valence electrons. The van der Waals surface area contributed by atoms with Gasteiger partial charge in [-0.25, -0.2) is 4.98 Å². The van der Waals surface area contributed by atoms with E-state index in [4.69, 9.17) is 47.2 Å². The van der Waals surface area contributed by atoms with Gasteiger partial charge in [0.2, 0.25) is 0 Å². The summed E-state index contributed by atoms with van der Waals surface area (Å²) in [6.45, 7) is 3.97. The highest BCUT2D eigenvalue weighted by atomic mass is 35.5. The topological polar surface area (TPSA) is 92.1 Å². The van der Waals surface area contributed by atoms with Crippen LogP contribution in [0.15, 0.2) is 40.8 Å². The molecule has 0 saturated heterocycles. The van der Waals surface area contributed by atoms with Gasteiger partial charge in [0, 0.05) is 28.3 Å². The second kappa shape index (κ2) is 11.9. The summed E-state index contributed by atoms with van der Waals surface area (Å²) < 4.78 is 28.9. The molecule has 4 rings (SSSR count). The summed E-state index contributed by atoms with van der Waals surface area (Å²) in [7, 11) is 3.18. The quantitative estimate of drug-likeness (QED) is 0.272. The number of esters is 1. The Morgan fingerprint density at radius 2 is 2.00 bits per heavy atom. The van der Waals surface area contributed by atoms with Gasteiger partial charge >= 0.3 is 5.97 Å². The average molecular weight is 545 g/mol. The van der Waals surface area contributed by atoms with Crippen LogP contribution in [-0.2, 0) is 27.1 Å². The maximum Gasteiger partial charge on any atom is 0.306 e. The van der Waals surface area contributed by atoms with Gasteiger partial charge in [-0.05, 0) is 38.1 Å². The van der Waals surface area contributed by atoms with Crippen molar-refractivity contribution in [3.8, 4) is 11.5 Å². The summed E-state index contributed by atoms with van der Waals surface area (Å²) >= 11 is 12.1. The minimum Gasteiger partial charge on any atom is -0.493 e. The molecule has 2 unspecified atom stereocenters. The molecule has 0 fully saturated rings. The second-order valence-electron chi connectivity index (χ2n) is 8.43. The monoisotopic (exact) mass is 544 g/mol. The van der Waals surface area contributed by atoms with E-state index < -0.39 is 12.2 Å². The lowest BCUT2D eigenvalue weighted by molar-refractivity contribution is -0.143. The van der Waals surface area contributed by atoms with Crippen LogP contribution in [-0.4, -0.2) is 42.9 Å². The Balaban J connectivity index is 1.66. The van der Waals surface area contributed by atoms with Gasteiger partial charge in [0.15, 0.2) is 17.4 Å². The number of fused-ring (bicyclic) bond motifs is 1. The first-order valence-electron chi connectivity index (χ1n) is 11.9. The molecular formula is C27H29ClN2O6S. The van der Waals surface area contributed by atoms with Crippen LogP contribution in [0.2, 0.25) is 5.02 Å². The number of hydrogen-bond acceptors (Lipinski definition) is 8. The Labute approximate surface area is 226 Å². The van der Waals surface area contributed by atoms with Crippen molar-refractivity contribution in [1.82, 2.24) is 4.98 Å². The number of carbonyl (C=O) groups is 1. The van der Waals surface area contributed by atoms with Crippen LogP contribution < -0.4 is 14.8 Å². The normalized spacial score (nSPS) is 16.9. The molecule has 0 spiro atoms. The third-order valence-corrected chi connectivity index (χ3v) is 6.62. The summed E-state index contributed by atoms with van der Waals surface area (Å²) in [6.07, 6.45) is -0.235. The van der Waals surface area contributed by atoms with E-state index in [1.807, 2.05) is 37.3 Å². The predicted octanol–water partition coefficient (Wildman–Crippen LogP) is 5.62. The number of nitrogens with zero attached hydrogens (tertiary/aromatic N) is 1. The van der Waals surface area contributed by atoms with Crippen LogP contribution in [0.25, 0.3) is 0 Å². The molecule has 0 bridgehead atoms. The summed E-state index contributed by atoms with van der Waals surface area (Å²) in [6, 6.07) is 11.1. The number of aromatic nitrogens is 1. The Morgan fingerprint density at radius 3 is 2.73 bits per heavy atom. The number of para-hydroxylation sites is 1. The van der Waals surface area contributed by atoms with E-state index in [-0.39, 0.29) is 18.8 Å². The van der Waals surface area contributed by atoms with Gasteiger partial charge in [-0.15, -0.1) is 0 Å². The van der Waals surface area contributed by atoms with Gasteiger partial charge in [0.1, 0.15) is 23.0 Å². The van der Waals surface area contributed by atoms with Gasteiger partial charge in [0.05, 0.1) is 39.4 Å². The minimum atomic E-state index is -0.573. The molecule has 1 aliphatic heterocycles. The number of aryl methyl sites for hydroxylation is 2. The number of halogens is 1. The molecule has 37 heavy (non-hydrogen) atoms. The van der Waals surface area contributed by atoms with Crippen molar-refractivity contribution in [3.63, 3.8) is 0 Å². The molecule has 3 aromatic rings.